The number of hydrogen-bond acceptors (Lipinski definition) is 5. The highest BCUT2D eigenvalue weighted by molar-refractivity contribution is 6.04. The predicted molar refractivity (Wildman–Crippen MR) is 153 cm³/mol. The number of carboxylic acids is 1. The predicted octanol–water partition coefficient (Wildman–Crippen LogP) is 5.78. The first kappa shape index (κ1) is 27.5. The molecule has 4 aromatic carbocycles. The van der Waals surface area contributed by atoms with Gasteiger partial charge in [0, 0.05) is 16.9 Å². The van der Waals surface area contributed by atoms with Crippen LogP contribution in [0.3, 0.4) is 0 Å². The number of carboxylic acid groups (broad SMARTS) is 1. The minimum absolute atomic E-state index is 0.131. The zero-order chi connectivity index (χ0) is 28.5. The first-order chi connectivity index (χ1) is 19.3. The van der Waals surface area contributed by atoms with Gasteiger partial charge in [-0.05, 0) is 77.4 Å². The SMILES string of the molecule is COC(=O)c1ccc(CC(=O)Nc2ccc(C(=O)Nc3ccc(C=Cc4ccc(C(=O)O)cc4)cc3)cc2)cc1. The molecule has 0 radical (unpaired) electrons. The lowest BCUT2D eigenvalue weighted by atomic mass is 10.1. The summed E-state index contributed by atoms with van der Waals surface area (Å²) >= 11 is 0. The van der Waals surface area contributed by atoms with E-state index < -0.39 is 11.9 Å². The summed E-state index contributed by atoms with van der Waals surface area (Å²) in [5.41, 5.74) is 4.80. The summed E-state index contributed by atoms with van der Waals surface area (Å²) in [4.78, 5) is 47.6. The molecule has 40 heavy (non-hydrogen) atoms. The van der Waals surface area contributed by atoms with E-state index in [0.29, 0.717) is 22.5 Å². The molecule has 0 unspecified atom stereocenters. The summed E-state index contributed by atoms with van der Waals surface area (Å²) in [5, 5.41) is 14.6. The van der Waals surface area contributed by atoms with Crippen molar-refractivity contribution in [2.75, 3.05) is 17.7 Å². The number of aromatic carboxylic acids is 1. The third-order valence-electron chi connectivity index (χ3n) is 5.96. The van der Waals surface area contributed by atoms with Gasteiger partial charge < -0.3 is 20.5 Å². The van der Waals surface area contributed by atoms with Crippen LogP contribution in [-0.2, 0) is 16.0 Å². The summed E-state index contributed by atoms with van der Waals surface area (Å²) in [5.74, 6) is -1.92. The molecule has 200 valence electrons. The molecule has 8 heteroatoms. The highest BCUT2D eigenvalue weighted by Gasteiger charge is 2.10. The van der Waals surface area contributed by atoms with Gasteiger partial charge in [0.15, 0.2) is 0 Å². The average Bonchev–Trinajstić information content (AvgIpc) is 2.97. The lowest BCUT2D eigenvalue weighted by molar-refractivity contribution is -0.115. The maximum atomic E-state index is 12.7. The van der Waals surface area contributed by atoms with Crippen molar-refractivity contribution in [3.05, 3.63) is 130 Å². The number of rotatable bonds is 9. The summed E-state index contributed by atoms with van der Waals surface area (Å²) in [6.07, 6.45) is 3.90. The second-order valence-corrected chi connectivity index (χ2v) is 8.83. The number of amides is 2. The molecule has 0 bridgehead atoms. The first-order valence-corrected chi connectivity index (χ1v) is 12.3. The van der Waals surface area contributed by atoms with Gasteiger partial charge in [-0.25, -0.2) is 9.59 Å². The van der Waals surface area contributed by atoms with E-state index in [9.17, 15) is 19.2 Å². The van der Waals surface area contributed by atoms with Gasteiger partial charge in [-0.15, -0.1) is 0 Å². The zero-order valence-electron chi connectivity index (χ0n) is 21.6. The van der Waals surface area contributed by atoms with Crippen molar-refractivity contribution >= 4 is 47.3 Å². The average molecular weight is 535 g/mol. The lowest BCUT2D eigenvalue weighted by Crippen LogP contribution is -2.15. The van der Waals surface area contributed by atoms with Crippen molar-refractivity contribution in [1.82, 2.24) is 0 Å². The van der Waals surface area contributed by atoms with Crippen LogP contribution in [0.15, 0.2) is 97.1 Å². The van der Waals surface area contributed by atoms with Crippen LogP contribution < -0.4 is 10.6 Å². The fourth-order valence-electron chi connectivity index (χ4n) is 3.78. The molecule has 3 N–H and O–H groups in total. The third kappa shape index (κ3) is 7.52. The van der Waals surface area contributed by atoms with Gasteiger partial charge in [0.25, 0.3) is 5.91 Å². The van der Waals surface area contributed by atoms with Gasteiger partial charge in [0.05, 0.1) is 24.7 Å². The molecule has 0 aliphatic rings. The fraction of sp³-hybridized carbons (Fsp3) is 0.0625. The molecule has 0 aliphatic heterocycles. The minimum Gasteiger partial charge on any atom is -0.478 e. The van der Waals surface area contributed by atoms with Crippen LogP contribution in [0.5, 0.6) is 0 Å². The maximum Gasteiger partial charge on any atom is 0.337 e. The van der Waals surface area contributed by atoms with Crippen LogP contribution in [0, 0.1) is 0 Å². The van der Waals surface area contributed by atoms with E-state index in [1.165, 1.54) is 7.11 Å². The monoisotopic (exact) mass is 534 g/mol. The number of anilines is 2. The molecule has 2 amide bonds. The van der Waals surface area contributed by atoms with Crippen molar-refractivity contribution in [2.45, 2.75) is 6.42 Å². The maximum absolute atomic E-state index is 12.7. The van der Waals surface area contributed by atoms with Gasteiger partial charge in [0.2, 0.25) is 5.91 Å². The van der Waals surface area contributed by atoms with Crippen molar-refractivity contribution < 1.29 is 29.0 Å². The summed E-state index contributed by atoms with van der Waals surface area (Å²) < 4.78 is 4.67. The van der Waals surface area contributed by atoms with Crippen LogP contribution in [-0.4, -0.2) is 36.0 Å². The van der Waals surface area contributed by atoms with E-state index in [1.807, 2.05) is 24.3 Å². The van der Waals surface area contributed by atoms with Gasteiger partial charge >= 0.3 is 11.9 Å². The summed E-state index contributed by atoms with van der Waals surface area (Å²) in [6.45, 7) is 0. The first-order valence-electron chi connectivity index (χ1n) is 12.3. The molecule has 0 atom stereocenters. The van der Waals surface area contributed by atoms with Gasteiger partial charge in [-0.1, -0.05) is 48.6 Å². The van der Waals surface area contributed by atoms with E-state index in [2.05, 4.69) is 15.4 Å². The lowest BCUT2D eigenvalue weighted by Gasteiger charge is -2.08. The molecular weight excluding hydrogens is 508 g/mol. The third-order valence-corrected chi connectivity index (χ3v) is 5.96. The van der Waals surface area contributed by atoms with Gasteiger partial charge in [-0.3, -0.25) is 9.59 Å². The standard InChI is InChI=1S/C32H26N2O6/c1-40-32(39)26-12-6-23(7-13-26)20-29(35)33-27-18-14-24(15-19-27)30(36)34-28-16-8-22(9-17-28)3-2-21-4-10-25(11-5-21)31(37)38/h2-19H,20H2,1H3,(H,33,35)(H,34,36)(H,37,38). The van der Waals surface area contributed by atoms with E-state index in [4.69, 9.17) is 5.11 Å². The van der Waals surface area contributed by atoms with Crippen LogP contribution in [0.4, 0.5) is 11.4 Å². The van der Waals surface area contributed by atoms with E-state index in [-0.39, 0.29) is 23.8 Å². The Morgan fingerprint density at radius 2 is 1.12 bits per heavy atom. The molecule has 0 aliphatic carbocycles. The number of benzene rings is 4. The zero-order valence-corrected chi connectivity index (χ0v) is 21.6. The Morgan fingerprint density at radius 3 is 1.68 bits per heavy atom. The second-order valence-electron chi connectivity index (χ2n) is 8.83. The Kier molecular flexibility index (Phi) is 8.84. The highest BCUT2D eigenvalue weighted by Crippen LogP contribution is 2.16. The van der Waals surface area contributed by atoms with Crippen molar-refractivity contribution in [1.29, 1.82) is 0 Å². The Labute approximate surface area is 230 Å². The van der Waals surface area contributed by atoms with E-state index in [0.717, 1.165) is 16.7 Å². The normalized spacial score (nSPS) is 10.6. The topological polar surface area (TPSA) is 122 Å². The molecular formula is C32H26N2O6. The van der Waals surface area contributed by atoms with Crippen molar-refractivity contribution in [2.24, 2.45) is 0 Å². The Morgan fingerprint density at radius 1 is 0.650 bits per heavy atom. The molecule has 0 saturated heterocycles. The van der Waals surface area contributed by atoms with Crippen molar-refractivity contribution in [3.63, 3.8) is 0 Å². The molecule has 0 saturated carbocycles. The molecule has 0 fully saturated rings. The Hall–Kier alpha value is -5.50. The number of carbonyl (C=O) groups excluding carboxylic acids is 3. The number of methoxy groups -OCH3 is 1. The minimum atomic E-state index is -0.964. The molecule has 8 nitrogen and oxygen atoms in total. The smallest absolute Gasteiger partial charge is 0.337 e. The largest absolute Gasteiger partial charge is 0.478 e. The van der Waals surface area contributed by atoms with Crippen LogP contribution in [0.25, 0.3) is 12.2 Å². The van der Waals surface area contributed by atoms with E-state index in [1.54, 1.807) is 84.9 Å². The number of hydrogen-bond donors (Lipinski definition) is 3. The molecule has 0 spiro atoms. The number of nitrogens with one attached hydrogen (secondary N) is 2. The van der Waals surface area contributed by atoms with Gasteiger partial charge in [-0.2, -0.15) is 0 Å². The highest BCUT2D eigenvalue weighted by atomic mass is 16.5. The molecule has 0 aromatic heterocycles. The number of ether oxygens (including phenoxy) is 1. The van der Waals surface area contributed by atoms with Crippen LogP contribution in [0.1, 0.15) is 47.8 Å². The van der Waals surface area contributed by atoms with Crippen LogP contribution >= 0.6 is 0 Å². The molecule has 0 heterocycles. The summed E-state index contributed by atoms with van der Waals surface area (Å²) in [7, 11) is 1.31. The van der Waals surface area contributed by atoms with Gasteiger partial charge in [0.1, 0.15) is 0 Å². The Bertz CT molecular complexity index is 1540. The number of esters is 1. The van der Waals surface area contributed by atoms with Crippen LogP contribution in [0.2, 0.25) is 0 Å². The summed E-state index contributed by atoms with van der Waals surface area (Å²) in [6, 6.07) is 27.0. The number of carbonyl (C=O) groups is 4. The van der Waals surface area contributed by atoms with Crippen molar-refractivity contribution in [3.8, 4) is 0 Å². The molecule has 4 aromatic rings. The fourth-order valence-corrected chi connectivity index (χ4v) is 3.78. The molecule has 4 rings (SSSR count). The van der Waals surface area contributed by atoms with E-state index >= 15 is 0 Å². The second kappa shape index (κ2) is 12.8. The Balaban J connectivity index is 1.28. The quantitative estimate of drug-likeness (QED) is 0.185.